The molecule has 0 bridgehead atoms. The molecule has 0 fully saturated rings. The summed E-state index contributed by atoms with van der Waals surface area (Å²) < 4.78 is 16.4. The summed E-state index contributed by atoms with van der Waals surface area (Å²) in [6.07, 6.45) is 0.640. The van der Waals surface area contributed by atoms with Crippen LogP contribution >= 0.6 is 27.5 Å². The average Bonchev–Trinajstić information content (AvgIpc) is 2.73. The molecular weight excluding hydrogens is 462 g/mol. The number of nitrogens with zero attached hydrogens (tertiary/aromatic N) is 1. The van der Waals surface area contributed by atoms with Crippen LogP contribution < -0.4 is 9.47 Å². The average molecular weight is 483 g/mol. The highest BCUT2D eigenvalue weighted by molar-refractivity contribution is 9.10. The summed E-state index contributed by atoms with van der Waals surface area (Å²) in [6, 6.07) is 8.34. The first kappa shape index (κ1) is 21.5. The summed E-state index contributed by atoms with van der Waals surface area (Å²) in [4.78, 5) is 27.2. The SMILES string of the molecule is COC(=O)C[C@@H]1c2cc(OC)c(OC)cc2CCN1C(=O)c1cc(Br)ccc1Cl. The molecule has 0 saturated heterocycles. The molecule has 0 spiro atoms. The summed E-state index contributed by atoms with van der Waals surface area (Å²) >= 11 is 9.66. The molecule has 0 N–H and O–H groups in total. The van der Waals surface area contributed by atoms with Gasteiger partial charge in [0.2, 0.25) is 0 Å². The quantitative estimate of drug-likeness (QED) is 0.590. The Kier molecular flexibility index (Phi) is 6.70. The molecule has 0 aromatic heterocycles. The van der Waals surface area contributed by atoms with Crippen LogP contribution in [0.25, 0.3) is 0 Å². The van der Waals surface area contributed by atoms with Crippen molar-refractivity contribution in [1.82, 2.24) is 4.90 Å². The van der Waals surface area contributed by atoms with Crippen LogP contribution in [-0.2, 0) is 16.0 Å². The standard InChI is InChI=1S/C21H21BrClNO5/c1-27-18-8-12-6-7-24(21(26)15-9-13(22)4-5-16(15)23)17(11-20(25)29-3)14(12)10-19(18)28-2/h4-5,8-10,17H,6-7,11H2,1-3H3/t17-/m1/s1. The lowest BCUT2D eigenvalue weighted by molar-refractivity contribution is -0.141. The zero-order valence-electron chi connectivity index (χ0n) is 16.3. The second-order valence-electron chi connectivity index (χ2n) is 6.57. The van der Waals surface area contributed by atoms with Gasteiger partial charge < -0.3 is 19.1 Å². The topological polar surface area (TPSA) is 65.1 Å². The van der Waals surface area contributed by atoms with Gasteiger partial charge in [-0.3, -0.25) is 9.59 Å². The molecule has 0 radical (unpaired) electrons. The molecule has 0 aliphatic carbocycles. The van der Waals surface area contributed by atoms with Crippen molar-refractivity contribution >= 4 is 39.4 Å². The Hall–Kier alpha value is -2.25. The molecule has 8 heteroatoms. The number of carbonyl (C=O) groups excluding carboxylic acids is 2. The maximum Gasteiger partial charge on any atom is 0.307 e. The van der Waals surface area contributed by atoms with Crippen molar-refractivity contribution in [2.45, 2.75) is 18.9 Å². The van der Waals surface area contributed by atoms with Gasteiger partial charge in [-0.1, -0.05) is 27.5 Å². The van der Waals surface area contributed by atoms with Gasteiger partial charge in [-0.2, -0.15) is 0 Å². The number of halogens is 2. The summed E-state index contributed by atoms with van der Waals surface area (Å²) in [5.41, 5.74) is 2.21. The predicted octanol–water partition coefficient (Wildman–Crippen LogP) is 4.42. The fourth-order valence-corrected chi connectivity index (χ4v) is 4.11. The molecule has 1 aliphatic rings. The first-order chi connectivity index (χ1) is 13.9. The first-order valence-corrected chi connectivity index (χ1v) is 10.1. The molecule has 0 unspecified atom stereocenters. The largest absolute Gasteiger partial charge is 0.493 e. The molecule has 2 aromatic rings. The number of hydrogen-bond acceptors (Lipinski definition) is 5. The van der Waals surface area contributed by atoms with E-state index >= 15 is 0 Å². The van der Waals surface area contributed by atoms with Gasteiger partial charge in [0.1, 0.15) is 0 Å². The number of carbonyl (C=O) groups is 2. The Morgan fingerprint density at radius 2 is 1.83 bits per heavy atom. The van der Waals surface area contributed by atoms with E-state index in [0.717, 1.165) is 15.6 Å². The van der Waals surface area contributed by atoms with Crippen molar-refractivity contribution in [3.63, 3.8) is 0 Å². The Bertz CT molecular complexity index is 949. The van der Waals surface area contributed by atoms with Crippen LogP contribution in [0.3, 0.4) is 0 Å². The molecule has 2 aromatic carbocycles. The zero-order chi connectivity index (χ0) is 21.1. The fraction of sp³-hybridized carbons (Fsp3) is 0.333. The molecule has 1 heterocycles. The highest BCUT2D eigenvalue weighted by Crippen LogP contribution is 2.40. The summed E-state index contributed by atoms with van der Waals surface area (Å²) in [5.74, 6) is 0.496. The lowest BCUT2D eigenvalue weighted by Gasteiger charge is -2.37. The Balaban J connectivity index is 2.07. The van der Waals surface area contributed by atoms with Crippen molar-refractivity contribution in [3.8, 4) is 11.5 Å². The zero-order valence-corrected chi connectivity index (χ0v) is 18.7. The number of amides is 1. The van der Waals surface area contributed by atoms with Gasteiger partial charge in [0, 0.05) is 11.0 Å². The van der Waals surface area contributed by atoms with E-state index in [1.807, 2.05) is 12.1 Å². The molecule has 1 atom stereocenters. The molecular formula is C21H21BrClNO5. The molecule has 154 valence electrons. The number of benzene rings is 2. The minimum absolute atomic E-state index is 0.0242. The smallest absolute Gasteiger partial charge is 0.307 e. The summed E-state index contributed by atoms with van der Waals surface area (Å²) in [5, 5.41) is 0.355. The lowest BCUT2D eigenvalue weighted by atomic mass is 9.89. The van der Waals surface area contributed by atoms with E-state index in [0.29, 0.717) is 35.1 Å². The maximum absolute atomic E-state index is 13.4. The number of ether oxygens (including phenoxy) is 3. The van der Waals surface area contributed by atoms with Crippen LogP contribution in [0.1, 0.15) is 33.9 Å². The summed E-state index contributed by atoms with van der Waals surface area (Å²) in [7, 11) is 4.45. The second-order valence-corrected chi connectivity index (χ2v) is 7.90. The van der Waals surface area contributed by atoms with Crippen LogP contribution in [0.15, 0.2) is 34.8 Å². The van der Waals surface area contributed by atoms with Crippen LogP contribution in [0.5, 0.6) is 11.5 Å². The molecule has 1 aliphatic heterocycles. The number of fused-ring (bicyclic) bond motifs is 1. The lowest BCUT2D eigenvalue weighted by Crippen LogP contribution is -2.41. The summed E-state index contributed by atoms with van der Waals surface area (Å²) in [6.45, 7) is 0.436. The molecule has 1 amide bonds. The Labute approximate surface area is 182 Å². The number of methoxy groups -OCH3 is 3. The number of rotatable bonds is 5. The van der Waals surface area contributed by atoms with E-state index in [4.69, 9.17) is 25.8 Å². The monoisotopic (exact) mass is 481 g/mol. The van der Waals surface area contributed by atoms with Gasteiger partial charge in [-0.05, 0) is 47.9 Å². The Morgan fingerprint density at radius 1 is 1.14 bits per heavy atom. The third-order valence-electron chi connectivity index (χ3n) is 5.01. The molecule has 29 heavy (non-hydrogen) atoms. The first-order valence-electron chi connectivity index (χ1n) is 8.97. The van der Waals surface area contributed by atoms with Gasteiger partial charge in [0.15, 0.2) is 11.5 Å². The van der Waals surface area contributed by atoms with Gasteiger partial charge in [0.25, 0.3) is 5.91 Å². The molecule has 0 saturated carbocycles. The van der Waals surface area contributed by atoms with Crippen LogP contribution in [0.2, 0.25) is 5.02 Å². The highest BCUT2D eigenvalue weighted by atomic mass is 79.9. The van der Waals surface area contributed by atoms with E-state index in [9.17, 15) is 9.59 Å². The number of esters is 1. The maximum atomic E-state index is 13.4. The van der Waals surface area contributed by atoms with E-state index in [2.05, 4.69) is 15.9 Å². The highest BCUT2D eigenvalue weighted by Gasteiger charge is 2.35. The van der Waals surface area contributed by atoms with Crippen LogP contribution in [0.4, 0.5) is 0 Å². The van der Waals surface area contributed by atoms with Gasteiger partial charge in [-0.15, -0.1) is 0 Å². The Morgan fingerprint density at radius 3 is 2.48 bits per heavy atom. The third kappa shape index (κ3) is 4.36. The fourth-order valence-electron chi connectivity index (χ4n) is 3.55. The normalized spacial score (nSPS) is 15.5. The van der Waals surface area contributed by atoms with Crippen molar-refractivity contribution in [1.29, 1.82) is 0 Å². The third-order valence-corrected chi connectivity index (χ3v) is 5.83. The second kappa shape index (κ2) is 9.05. The number of hydrogen-bond donors (Lipinski definition) is 0. The molecule has 3 rings (SSSR count). The van der Waals surface area contributed by atoms with E-state index < -0.39 is 12.0 Å². The minimum atomic E-state index is -0.506. The van der Waals surface area contributed by atoms with E-state index in [1.165, 1.54) is 7.11 Å². The van der Waals surface area contributed by atoms with Crippen molar-refractivity contribution in [3.05, 3.63) is 56.5 Å². The van der Waals surface area contributed by atoms with Crippen molar-refractivity contribution in [2.75, 3.05) is 27.9 Å². The van der Waals surface area contributed by atoms with Gasteiger partial charge in [-0.25, -0.2) is 0 Å². The van der Waals surface area contributed by atoms with Crippen molar-refractivity contribution < 1.29 is 23.8 Å². The van der Waals surface area contributed by atoms with Crippen LogP contribution in [-0.4, -0.2) is 44.7 Å². The van der Waals surface area contributed by atoms with E-state index in [1.54, 1.807) is 37.3 Å². The van der Waals surface area contributed by atoms with Gasteiger partial charge in [0.05, 0.1) is 44.4 Å². The van der Waals surface area contributed by atoms with Crippen LogP contribution in [0, 0.1) is 0 Å². The van der Waals surface area contributed by atoms with Crippen molar-refractivity contribution in [2.24, 2.45) is 0 Å². The predicted molar refractivity (Wildman–Crippen MR) is 113 cm³/mol. The van der Waals surface area contributed by atoms with Gasteiger partial charge >= 0.3 is 5.97 Å². The van der Waals surface area contributed by atoms with E-state index in [-0.39, 0.29) is 12.3 Å². The minimum Gasteiger partial charge on any atom is -0.493 e. The molecule has 6 nitrogen and oxygen atoms in total.